The minimum absolute atomic E-state index is 0.0142. The third kappa shape index (κ3) is 3.81. The molecule has 2 aliphatic rings. The lowest BCUT2D eigenvalue weighted by molar-refractivity contribution is -0.400. The first-order chi connectivity index (χ1) is 13.6. The molecule has 0 unspecified atom stereocenters. The topological polar surface area (TPSA) is 46.2 Å². The monoisotopic (exact) mass is 392 g/mol. The molecule has 5 nitrogen and oxygen atoms in total. The second-order valence-corrected chi connectivity index (χ2v) is 6.80. The van der Waals surface area contributed by atoms with Crippen LogP contribution in [-0.4, -0.2) is 44.2 Å². The number of fused-ring (bicyclic) bond motifs is 1. The van der Waals surface area contributed by atoms with Crippen LogP contribution in [0.2, 0.25) is 0 Å². The maximum atomic E-state index is 15.4. The average Bonchev–Trinajstić information content (AvgIpc) is 2.74. The van der Waals surface area contributed by atoms with Crippen LogP contribution in [0.1, 0.15) is 17.4 Å². The number of rotatable bonds is 5. The van der Waals surface area contributed by atoms with E-state index in [0.29, 0.717) is 5.56 Å². The van der Waals surface area contributed by atoms with Gasteiger partial charge in [0, 0.05) is 12.7 Å². The molecule has 0 radical (unpaired) electrons. The predicted molar refractivity (Wildman–Crippen MR) is 95.6 cm³/mol. The molecule has 0 N–H and O–H groups in total. The van der Waals surface area contributed by atoms with Gasteiger partial charge in [0.1, 0.15) is 6.10 Å². The number of alkyl halides is 2. The fourth-order valence-corrected chi connectivity index (χ4v) is 3.48. The van der Waals surface area contributed by atoms with Crippen LogP contribution in [0.15, 0.2) is 60.7 Å². The van der Waals surface area contributed by atoms with Gasteiger partial charge < -0.3 is 23.7 Å². The van der Waals surface area contributed by atoms with Gasteiger partial charge in [-0.2, -0.15) is 0 Å². The van der Waals surface area contributed by atoms with Crippen molar-refractivity contribution in [3.05, 3.63) is 71.8 Å². The number of hydrogen-bond donors (Lipinski definition) is 0. The number of methoxy groups -OCH3 is 1. The van der Waals surface area contributed by atoms with Crippen LogP contribution in [0.3, 0.4) is 0 Å². The van der Waals surface area contributed by atoms with Gasteiger partial charge in [-0.1, -0.05) is 60.7 Å². The first kappa shape index (κ1) is 19.4. The summed E-state index contributed by atoms with van der Waals surface area (Å²) in [6, 6.07) is 18.1. The number of hydrogen-bond acceptors (Lipinski definition) is 5. The van der Waals surface area contributed by atoms with Crippen molar-refractivity contribution in [3.8, 4) is 0 Å². The molecular formula is C21H22F2O5. The number of benzene rings is 2. The van der Waals surface area contributed by atoms with Crippen LogP contribution in [0.4, 0.5) is 8.78 Å². The van der Waals surface area contributed by atoms with E-state index in [4.69, 9.17) is 23.7 Å². The zero-order chi connectivity index (χ0) is 19.6. The maximum absolute atomic E-state index is 15.4. The van der Waals surface area contributed by atoms with E-state index in [1.165, 1.54) is 7.11 Å². The summed E-state index contributed by atoms with van der Waals surface area (Å²) in [5.41, 5.74) is 1.46. The average molecular weight is 392 g/mol. The molecule has 0 aromatic heterocycles. The molecular weight excluding hydrogens is 370 g/mol. The summed E-state index contributed by atoms with van der Waals surface area (Å²) in [5.74, 6) is -3.32. The summed E-state index contributed by atoms with van der Waals surface area (Å²) in [5, 5.41) is 0. The molecule has 2 heterocycles. The largest absolute Gasteiger partial charge is 0.362 e. The van der Waals surface area contributed by atoms with E-state index in [2.05, 4.69) is 0 Å². The molecule has 0 saturated carbocycles. The van der Waals surface area contributed by atoms with Gasteiger partial charge in [-0.05, 0) is 5.56 Å². The molecule has 2 aliphatic heterocycles. The van der Waals surface area contributed by atoms with Crippen LogP contribution in [0.25, 0.3) is 0 Å². The van der Waals surface area contributed by atoms with Gasteiger partial charge in [0.2, 0.25) is 0 Å². The third-order valence-corrected chi connectivity index (χ3v) is 4.91. The lowest BCUT2D eigenvalue weighted by Crippen LogP contribution is -2.66. The number of ether oxygens (including phenoxy) is 5. The van der Waals surface area contributed by atoms with Crippen molar-refractivity contribution in [2.75, 3.05) is 13.7 Å². The first-order valence-corrected chi connectivity index (χ1v) is 9.13. The van der Waals surface area contributed by atoms with Crippen LogP contribution in [-0.2, 0) is 30.3 Å². The molecule has 150 valence electrons. The van der Waals surface area contributed by atoms with E-state index in [1.807, 2.05) is 36.4 Å². The Bertz CT molecular complexity index is 750. The number of halogens is 2. The van der Waals surface area contributed by atoms with Crippen molar-refractivity contribution in [2.45, 2.75) is 43.4 Å². The SMILES string of the molecule is CO[C@H]1O[C@@H]2CO[C@@H](c3ccccc3)O[C@H]2C(F)(F)[C@H]1OCc1ccccc1. The normalized spacial score (nSPS) is 31.9. The Labute approximate surface area is 162 Å². The van der Waals surface area contributed by atoms with Crippen LogP contribution < -0.4 is 0 Å². The summed E-state index contributed by atoms with van der Waals surface area (Å²) >= 11 is 0. The van der Waals surface area contributed by atoms with Crippen LogP contribution in [0.5, 0.6) is 0 Å². The molecule has 2 aromatic rings. The van der Waals surface area contributed by atoms with Gasteiger partial charge >= 0.3 is 5.92 Å². The molecule has 0 bridgehead atoms. The van der Waals surface area contributed by atoms with Crippen LogP contribution >= 0.6 is 0 Å². The van der Waals surface area contributed by atoms with Crippen molar-refractivity contribution < 1.29 is 32.5 Å². The molecule has 2 fully saturated rings. The lowest BCUT2D eigenvalue weighted by atomic mass is 9.96. The smallest absolute Gasteiger partial charge is 0.307 e. The quantitative estimate of drug-likeness (QED) is 0.777. The van der Waals surface area contributed by atoms with Gasteiger partial charge in [0.05, 0.1) is 13.2 Å². The van der Waals surface area contributed by atoms with Crippen molar-refractivity contribution in [3.63, 3.8) is 0 Å². The van der Waals surface area contributed by atoms with Crippen molar-refractivity contribution >= 4 is 0 Å². The summed E-state index contributed by atoms with van der Waals surface area (Å²) in [6.45, 7) is -0.00853. The summed E-state index contributed by atoms with van der Waals surface area (Å²) in [4.78, 5) is 0. The molecule has 5 atom stereocenters. The predicted octanol–water partition coefficient (Wildman–Crippen LogP) is 3.69. The van der Waals surface area contributed by atoms with E-state index in [9.17, 15) is 0 Å². The van der Waals surface area contributed by atoms with Gasteiger partial charge in [-0.15, -0.1) is 0 Å². The fraction of sp³-hybridized carbons (Fsp3) is 0.429. The summed E-state index contributed by atoms with van der Waals surface area (Å²) < 4.78 is 58.4. The van der Waals surface area contributed by atoms with E-state index in [1.54, 1.807) is 24.3 Å². The van der Waals surface area contributed by atoms with Crippen molar-refractivity contribution in [1.29, 1.82) is 0 Å². The third-order valence-electron chi connectivity index (χ3n) is 4.91. The van der Waals surface area contributed by atoms with Gasteiger partial charge in [-0.3, -0.25) is 0 Å². The molecule has 0 amide bonds. The van der Waals surface area contributed by atoms with E-state index < -0.39 is 36.8 Å². The lowest BCUT2D eigenvalue weighted by Gasteiger charge is -2.48. The van der Waals surface area contributed by atoms with Crippen molar-refractivity contribution in [1.82, 2.24) is 0 Å². The zero-order valence-electron chi connectivity index (χ0n) is 15.4. The Balaban J connectivity index is 1.52. The highest BCUT2D eigenvalue weighted by atomic mass is 19.3. The zero-order valence-corrected chi connectivity index (χ0v) is 15.4. The molecule has 28 heavy (non-hydrogen) atoms. The summed E-state index contributed by atoms with van der Waals surface area (Å²) in [6.07, 6.45) is -6.16. The molecule has 4 rings (SSSR count). The molecule has 0 aliphatic carbocycles. The highest BCUT2D eigenvalue weighted by molar-refractivity contribution is 5.17. The first-order valence-electron chi connectivity index (χ1n) is 9.13. The van der Waals surface area contributed by atoms with Gasteiger partial charge in [-0.25, -0.2) is 8.78 Å². The van der Waals surface area contributed by atoms with Crippen molar-refractivity contribution in [2.24, 2.45) is 0 Å². The van der Waals surface area contributed by atoms with Gasteiger partial charge in [0.25, 0.3) is 0 Å². The molecule has 0 spiro atoms. The van der Waals surface area contributed by atoms with E-state index in [0.717, 1.165) is 5.56 Å². The Morgan fingerprint density at radius 1 is 1.00 bits per heavy atom. The Hall–Kier alpha value is -1.90. The highest BCUT2D eigenvalue weighted by Crippen LogP contribution is 2.43. The Morgan fingerprint density at radius 2 is 1.68 bits per heavy atom. The maximum Gasteiger partial charge on any atom is 0.307 e. The fourth-order valence-electron chi connectivity index (χ4n) is 3.48. The molecule has 7 heteroatoms. The molecule has 2 aromatic carbocycles. The Kier molecular flexibility index (Phi) is 5.70. The minimum atomic E-state index is -3.32. The standard InChI is InChI=1S/C21H22F2O5/c1-24-20-18(25-12-14-8-4-2-5-9-14)21(22,23)17-16(27-20)13-26-19(28-17)15-10-6-3-7-11-15/h2-11,16-20H,12-13H2,1H3/t16-,17-,18+,19-,20+/m1/s1. The summed E-state index contributed by atoms with van der Waals surface area (Å²) in [7, 11) is 1.32. The van der Waals surface area contributed by atoms with Gasteiger partial charge in [0.15, 0.2) is 24.8 Å². The Morgan fingerprint density at radius 3 is 2.36 bits per heavy atom. The minimum Gasteiger partial charge on any atom is -0.362 e. The highest BCUT2D eigenvalue weighted by Gasteiger charge is 2.62. The van der Waals surface area contributed by atoms with E-state index >= 15 is 8.78 Å². The second kappa shape index (κ2) is 8.23. The van der Waals surface area contributed by atoms with E-state index in [-0.39, 0.29) is 13.2 Å². The van der Waals surface area contributed by atoms with Crippen LogP contribution in [0, 0.1) is 0 Å². The second-order valence-electron chi connectivity index (χ2n) is 6.80. The molecule has 2 saturated heterocycles.